The van der Waals surface area contributed by atoms with Gasteiger partial charge in [-0.1, -0.05) is 31.5 Å². The molecule has 1 aromatic heterocycles. The number of anilines is 1. The van der Waals surface area contributed by atoms with Crippen LogP contribution in [0.3, 0.4) is 0 Å². The van der Waals surface area contributed by atoms with Gasteiger partial charge >= 0.3 is 5.97 Å². The smallest absolute Gasteiger partial charge is 0.329 e. The molecule has 5 atom stereocenters. The first-order valence-electron chi connectivity index (χ1n) is 20.7. The third kappa shape index (κ3) is 7.78. The molecule has 1 spiro atoms. The summed E-state index contributed by atoms with van der Waals surface area (Å²) in [5, 5.41) is 14.7. The van der Waals surface area contributed by atoms with Crippen molar-refractivity contribution in [2.45, 2.75) is 107 Å². The van der Waals surface area contributed by atoms with Crippen LogP contribution in [0.1, 0.15) is 99.9 Å². The van der Waals surface area contributed by atoms with E-state index in [4.69, 9.17) is 30.5 Å². The van der Waals surface area contributed by atoms with Gasteiger partial charge in [-0.05, 0) is 148 Å². The second kappa shape index (κ2) is 16.1. The fourth-order valence-electron chi connectivity index (χ4n) is 10.8. The molecule has 2 fully saturated rings. The molecule has 2 N–H and O–H groups in total. The molecule has 3 aromatic rings. The summed E-state index contributed by atoms with van der Waals surface area (Å²) in [7, 11) is 1.79. The van der Waals surface area contributed by atoms with E-state index < -0.39 is 11.5 Å². The number of benzene rings is 2. The van der Waals surface area contributed by atoms with Crippen LogP contribution in [0.5, 0.6) is 17.2 Å². The number of hydrogen-bond acceptors (Lipinski definition) is 8. The maximum absolute atomic E-state index is 13.1. The topological polar surface area (TPSA) is 102 Å². The van der Waals surface area contributed by atoms with Crippen molar-refractivity contribution in [2.75, 3.05) is 51.9 Å². The fraction of sp³-hybridized carbons (Fsp3) is 0.600. The number of likely N-dealkylation sites (tertiary alicyclic amines) is 1. The van der Waals surface area contributed by atoms with Crippen LogP contribution in [-0.2, 0) is 27.8 Å². The zero-order valence-electron chi connectivity index (χ0n) is 32.8. The van der Waals surface area contributed by atoms with Crippen molar-refractivity contribution in [1.29, 1.82) is 0 Å². The van der Waals surface area contributed by atoms with Crippen molar-refractivity contribution in [1.82, 2.24) is 9.88 Å². The molecule has 296 valence electrons. The van der Waals surface area contributed by atoms with Crippen LogP contribution in [-0.4, -0.2) is 79.2 Å². The van der Waals surface area contributed by atoms with Gasteiger partial charge < -0.3 is 29.4 Å². The number of carboxylic acid groups (broad SMARTS) is 1. The van der Waals surface area contributed by atoms with E-state index in [1.165, 1.54) is 48.1 Å². The van der Waals surface area contributed by atoms with Crippen LogP contribution in [0.2, 0.25) is 5.02 Å². The number of rotatable bonds is 12. The molecule has 5 aliphatic rings. The van der Waals surface area contributed by atoms with Crippen molar-refractivity contribution in [3.63, 3.8) is 0 Å². The summed E-state index contributed by atoms with van der Waals surface area (Å²) in [6, 6.07) is 14.4. The summed E-state index contributed by atoms with van der Waals surface area (Å²) in [5.74, 6) is 3.16. The Kier molecular flexibility index (Phi) is 11.3. The van der Waals surface area contributed by atoms with E-state index in [1.54, 1.807) is 7.11 Å². The average molecular weight is 772 g/mol. The number of ether oxygens (including phenoxy) is 4. The Morgan fingerprint density at radius 1 is 1.09 bits per heavy atom. The molecule has 0 bridgehead atoms. The Morgan fingerprint density at radius 2 is 1.89 bits per heavy atom. The molecule has 0 amide bonds. The molecule has 10 heteroatoms. The van der Waals surface area contributed by atoms with Crippen molar-refractivity contribution < 1.29 is 28.8 Å². The number of nitrogens with one attached hydrogen (secondary N) is 1. The van der Waals surface area contributed by atoms with Crippen LogP contribution in [0.25, 0.3) is 0 Å². The van der Waals surface area contributed by atoms with E-state index >= 15 is 0 Å². The molecule has 2 aliphatic heterocycles. The number of nitrogens with zero attached hydrogens (tertiary/aromatic N) is 2. The number of carboxylic acids is 1. The molecule has 55 heavy (non-hydrogen) atoms. The summed E-state index contributed by atoms with van der Waals surface area (Å²) in [6.07, 6.45) is 12.1. The zero-order chi connectivity index (χ0) is 38.2. The van der Waals surface area contributed by atoms with E-state index in [1.807, 2.05) is 36.5 Å². The lowest BCUT2D eigenvalue weighted by atomic mass is 9.59. The monoisotopic (exact) mass is 771 g/mol. The Hall–Kier alpha value is -3.53. The van der Waals surface area contributed by atoms with E-state index in [0.29, 0.717) is 61.5 Å². The first kappa shape index (κ1) is 38.3. The normalized spacial score (nSPS) is 29.3. The maximum Gasteiger partial charge on any atom is 0.329 e. The van der Waals surface area contributed by atoms with Crippen molar-refractivity contribution >= 4 is 23.3 Å². The predicted octanol–water partition coefficient (Wildman–Crippen LogP) is 8.70. The Morgan fingerprint density at radius 3 is 2.65 bits per heavy atom. The van der Waals surface area contributed by atoms with Gasteiger partial charge in [0.25, 0.3) is 0 Å². The highest BCUT2D eigenvalue weighted by molar-refractivity contribution is 6.30. The molecule has 9 nitrogen and oxygen atoms in total. The molecule has 2 aromatic carbocycles. The van der Waals surface area contributed by atoms with Gasteiger partial charge in [0.2, 0.25) is 0 Å². The van der Waals surface area contributed by atoms with Crippen molar-refractivity contribution in [2.24, 2.45) is 17.8 Å². The number of hydrogen-bond donors (Lipinski definition) is 2. The molecular formula is C45H58ClN3O6. The highest BCUT2D eigenvalue weighted by atomic mass is 35.5. The lowest BCUT2D eigenvalue weighted by molar-refractivity contribution is -0.144. The standard InChI is InChI=1S/C45H58ClN3O6/c1-29(25-53-39-12-17-47-38-11-4-7-30(2)42(38)39)19-33-20-32-21-40-41(55-27-31(26-54-40)24-49-18-6-10-36(49)28-52-3)23-37(32)44(33)13-15-45(16-14-44,43(50)51)48-35-9-5-8-34(46)22-35/h5,8-9,12,17,21-23,29-31,33,36,48H,4,6-7,10-11,13-16,18-20,24-28H2,1-3H3,(H,50,51)/t29-,30-,31?,33?,36-,44?,45?/m1/s1. The number of aromatic nitrogens is 1. The first-order chi connectivity index (χ1) is 26.7. The third-order valence-corrected chi connectivity index (χ3v) is 13.9. The van der Waals surface area contributed by atoms with Gasteiger partial charge in [0, 0.05) is 53.8 Å². The minimum atomic E-state index is -1.08. The number of aliphatic carboxylic acids is 1. The molecule has 2 unspecified atom stereocenters. The summed E-state index contributed by atoms with van der Waals surface area (Å²) in [5.41, 5.74) is 4.56. The van der Waals surface area contributed by atoms with Crippen molar-refractivity contribution in [3.05, 3.63) is 76.1 Å². The second-order valence-electron chi connectivity index (χ2n) is 17.4. The summed E-state index contributed by atoms with van der Waals surface area (Å²) < 4.78 is 25.3. The third-order valence-electron chi connectivity index (χ3n) is 13.7. The summed E-state index contributed by atoms with van der Waals surface area (Å²) in [4.78, 5) is 20.3. The van der Waals surface area contributed by atoms with Gasteiger partial charge in [-0.2, -0.15) is 0 Å². The number of carbonyl (C=O) groups is 1. The van der Waals surface area contributed by atoms with E-state index in [0.717, 1.165) is 74.7 Å². The maximum atomic E-state index is 13.1. The minimum Gasteiger partial charge on any atom is -0.493 e. The number of aryl methyl sites for hydroxylation is 1. The van der Waals surface area contributed by atoms with E-state index in [9.17, 15) is 9.90 Å². The van der Waals surface area contributed by atoms with Gasteiger partial charge in [0.05, 0.1) is 26.4 Å². The number of fused-ring (bicyclic) bond motifs is 4. The number of pyridine rings is 1. The second-order valence-corrected chi connectivity index (χ2v) is 17.8. The molecule has 1 saturated heterocycles. The fourth-order valence-corrected chi connectivity index (χ4v) is 10.9. The highest BCUT2D eigenvalue weighted by Crippen LogP contribution is 2.58. The van der Waals surface area contributed by atoms with Crippen LogP contribution in [0.15, 0.2) is 48.7 Å². The van der Waals surface area contributed by atoms with Crippen LogP contribution in [0.4, 0.5) is 5.69 Å². The molecule has 3 heterocycles. The van der Waals surface area contributed by atoms with E-state index in [2.05, 4.69) is 41.2 Å². The van der Waals surface area contributed by atoms with Crippen LogP contribution in [0, 0.1) is 17.8 Å². The Bertz CT molecular complexity index is 1840. The highest BCUT2D eigenvalue weighted by Gasteiger charge is 2.54. The van der Waals surface area contributed by atoms with Crippen molar-refractivity contribution in [3.8, 4) is 17.2 Å². The lowest BCUT2D eigenvalue weighted by Gasteiger charge is -2.47. The summed E-state index contributed by atoms with van der Waals surface area (Å²) in [6.45, 7) is 9.25. The van der Waals surface area contributed by atoms with Gasteiger partial charge in [0.15, 0.2) is 11.5 Å². The van der Waals surface area contributed by atoms with Gasteiger partial charge in [-0.15, -0.1) is 0 Å². The van der Waals surface area contributed by atoms with Crippen LogP contribution >= 0.6 is 11.6 Å². The van der Waals surface area contributed by atoms with Crippen LogP contribution < -0.4 is 19.5 Å². The molecular weight excluding hydrogens is 714 g/mol. The Balaban J connectivity index is 1.03. The quantitative estimate of drug-likeness (QED) is 0.187. The summed E-state index contributed by atoms with van der Waals surface area (Å²) >= 11 is 6.33. The zero-order valence-corrected chi connectivity index (χ0v) is 33.5. The SMILES string of the molecule is COC[C@H]1CCCN1CC1COc2cc3c(cc2OC1)C1(CCC(Nc2cccc(Cl)c2)(C(=O)O)CC1)C(C[C@@H](C)COc1ccnc2c1[C@H](C)CCC2)C3. The molecule has 3 aliphatic carbocycles. The number of methoxy groups -OCH3 is 1. The average Bonchev–Trinajstić information content (AvgIpc) is 3.65. The Labute approximate surface area is 331 Å². The largest absolute Gasteiger partial charge is 0.493 e. The minimum absolute atomic E-state index is 0.185. The lowest BCUT2D eigenvalue weighted by Crippen LogP contribution is -2.53. The van der Waals surface area contributed by atoms with Gasteiger partial charge in [-0.25, -0.2) is 4.79 Å². The van der Waals surface area contributed by atoms with Gasteiger partial charge in [-0.3, -0.25) is 9.88 Å². The van der Waals surface area contributed by atoms with E-state index in [-0.39, 0.29) is 11.3 Å². The molecule has 1 saturated carbocycles. The van der Waals surface area contributed by atoms with Gasteiger partial charge in [0.1, 0.15) is 11.3 Å². The molecule has 0 radical (unpaired) electrons. The molecule has 8 rings (SSSR count). The first-order valence-corrected chi connectivity index (χ1v) is 21.1. The predicted molar refractivity (Wildman–Crippen MR) is 215 cm³/mol. The number of halogens is 1.